The summed E-state index contributed by atoms with van der Waals surface area (Å²) in [4.78, 5) is 18.0. The van der Waals surface area contributed by atoms with E-state index < -0.39 is 0 Å². The van der Waals surface area contributed by atoms with Crippen molar-refractivity contribution in [1.29, 1.82) is 0 Å². The van der Waals surface area contributed by atoms with Gasteiger partial charge in [-0.05, 0) is 57.5 Å². The topological polar surface area (TPSA) is 37.6 Å². The Bertz CT molecular complexity index is 582. The van der Waals surface area contributed by atoms with Crippen molar-refractivity contribution in [1.82, 2.24) is 14.3 Å². The Morgan fingerprint density at radius 2 is 2.16 bits per heavy atom. The van der Waals surface area contributed by atoms with Gasteiger partial charge in [0.15, 0.2) is 6.29 Å². The highest BCUT2D eigenvalue weighted by Gasteiger charge is 2.18. The first-order valence-corrected chi connectivity index (χ1v) is 6.87. The molecule has 1 aliphatic rings. The van der Waals surface area contributed by atoms with Crippen molar-refractivity contribution in [3.63, 3.8) is 0 Å². The van der Waals surface area contributed by atoms with Gasteiger partial charge in [0, 0.05) is 6.20 Å². The summed E-state index contributed by atoms with van der Waals surface area (Å²) in [5, 5.41) is 0. The molecule has 19 heavy (non-hydrogen) atoms. The van der Waals surface area contributed by atoms with Crippen molar-refractivity contribution in [2.45, 2.75) is 19.3 Å². The third-order valence-electron chi connectivity index (χ3n) is 4.03. The molecule has 100 valence electrons. The number of aldehydes is 1. The lowest BCUT2D eigenvalue weighted by atomic mass is 9.93. The average Bonchev–Trinajstić information content (AvgIpc) is 2.83. The molecule has 2 aromatic rings. The van der Waals surface area contributed by atoms with E-state index in [0.717, 1.165) is 30.0 Å². The Morgan fingerprint density at radius 1 is 1.37 bits per heavy atom. The maximum absolute atomic E-state index is 11.0. The zero-order chi connectivity index (χ0) is 13.2. The zero-order valence-electron chi connectivity index (χ0n) is 11.2. The van der Waals surface area contributed by atoms with E-state index in [1.807, 2.05) is 28.8 Å². The maximum Gasteiger partial charge on any atom is 0.166 e. The minimum Gasteiger partial charge on any atom is -0.306 e. The monoisotopic (exact) mass is 257 g/mol. The van der Waals surface area contributed by atoms with E-state index in [0.29, 0.717) is 5.69 Å². The molecule has 1 saturated heterocycles. The number of rotatable bonds is 3. The predicted molar refractivity (Wildman–Crippen MR) is 74.5 cm³/mol. The summed E-state index contributed by atoms with van der Waals surface area (Å²) < 4.78 is 1.89. The fraction of sp³-hybridized carbons (Fsp3) is 0.467. The van der Waals surface area contributed by atoms with Crippen LogP contribution < -0.4 is 0 Å². The van der Waals surface area contributed by atoms with Crippen LogP contribution in [0.25, 0.3) is 5.65 Å². The van der Waals surface area contributed by atoms with Crippen molar-refractivity contribution in [3.8, 4) is 0 Å². The van der Waals surface area contributed by atoms with Gasteiger partial charge in [0.2, 0.25) is 0 Å². The number of pyridine rings is 1. The van der Waals surface area contributed by atoms with Crippen LogP contribution >= 0.6 is 0 Å². The number of imidazole rings is 1. The number of aromatic nitrogens is 2. The Labute approximate surface area is 113 Å². The van der Waals surface area contributed by atoms with Gasteiger partial charge in [-0.3, -0.25) is 9.20 Å². The van der Waals surface area contributed by atoms with Crippen LogP contribution in [0, 0.1) is 5.92 Å². The highest BCUT2D eigenvalue weighted by molar-refractivity contribution is 5.73. The van der Waals surface area contributed by atoms with Gasteiger partial charge in [-0.25, -0.2) is 4.98 Å². The van der Waals surface area contributed by atoms with Gasteiger partial charge in [0.05, 0.1) is 11.4 Å². The van der Waals surface area contributed by atoms with Gasteiger partial charge in [-0.1, -0.05) is 6.07 Å². The van der Waals surface area contributed by atoms with E-state index in [2.05, 4.69) is 16.9 Å². The number of likely N-dealkylation sites (tertiary alicyclic amines) is 1. The molecule has 3 heterocycles. The van der Waals surface area contributed by atoms with Gasteiger partial charge in [-0.15, -0.1) is 0 Å². The second-order valence-electron chi connectivity index (χ2n) is 5.48. The highest BCUT2D eigenvalue weighted by atomic mass is 16.1. The standard InChI is InChI=1S/C15H19N3O/c1-17-7-5-12(6-8-17)9-13-10-18-14(11-19)3-2-4-15(18)16-13/h2-4,10-12H,5-9H2,1H3. The molecule has 0 atom stereocenters. The lowest BCUT2D eigenvalue weighted by Crippen LogP contribution is -2.30. The zero-order valence-corrected chi connectivity index (χ0v) is 11.2. The molecule has 4 heteroatoms. The van der Waals surface area contributed by atoms with Crippen LogP contribution in [-0.4, -0.2) is 40.7 Å². The van der Waals surface area contributed by atoms with Crippen LogP contribution in [-0.2, 0) is 6.42 Å². The number of hydrogen-bond acceptors (Lipinski definition) is 3. The largest absolute Gasteiger partial charge is 0.306 e. The Hall–Kier alpha value is -1.68. The molecule has 2 aromatic heterocycles. The van der Waals surface area contributed by atoms with Crippen molar-refractivity contribution >= 4 is 11.9 Å². The lowest BCUT2D eigenvalue weighted by Gasteiger charge is -2.28. The van der Waals surface area contributed by atoms with Gasteiger partial charge in [0.25, 0.3) is 0 Å². The minimum absolute atomic E-state index is 0.666. The van der Waals surface area contributed by atoms with E-state index in [-0.39, 0.29) is 0 Å². The quantitative estimate of drug-likeness (QED) is 0.790. The number of nitrogens with zero attached hydrogens (tertiary/aromatic N) is 3. The maximum atomic E-state index is 11.0. The Morgan fingerprint density at radius 3 is 2.89 bits per heavy atom. The third kappa shape index (κ3) is 2.54. The molecule has 0 unspecified atom stereocenters. The first kappa shape index (κ1) is 12.4. The van der Waals surface area contributed by atoms with Gasteiger partial charge < -0.3 is 4.90 Å². The molecule has 0 aromatic carbocycles. The van der Waals surface area contributed by atoms with E-state index in [4.69, 9.17) is 0 Å². The van der Waals surface area contributed by atoms with Crippen LogP contribution in [0.1, 0.15) is 29.0 Å². The fourth-order valence-electron chi connectivity index (χ4n) is 2.84. The molecule has 0 radical (unpaired) electrons. The average molecular weight is 257 g/mol. The van der Waals surface area contributed by atoms with E-state index in [1.165, 1.54) is 25.9 Å². The summed E-state index contributed by atoms with van der Waals surface area (Å²) in [6.45, 7) is 2.36. The third-order valence-corrected chi connectivity index (χ3v) is 4.03. The molecule has 3 rings (SSSR count). The summed E-state index contributed by atoms with van der Waals surface area (Å²) in [7, 11) is 2.18. The SMILES string of the molecule is CN1CCC(Cc2cn3c(C=O)cccc3n2)CC1. The molecule has 1 aliphatic heterocycles. The Kier molecular flexibility index (Phi) is 3.34. The number of carbonyl (C=O) groups excluding carboxylic acids is 1. The van der Waals surface area contributed by atoms with Crippen molar-refractivity contribution in [3.05, 3.63) is 35.8 Å². The highest BCUT2D eigenvalue weighted by Crippen LogP contribution is 2.21. The van der Waals surface area contributed by atoms with E-state index in [1.54, 1.807) is 0 Å². The molecule has 0 amide bonds. The molecule has 0 spiro atoms. The number of fused-ring (bicyclic) bond motifs is 1. The van der Waals surface area contributed by atoms with Gasteiger partial charge >= 0.3 is 0 Å². The van der Waals surface area contributed by atoms with Gasteiger partial charge in [-0.2, -0.15) is 0 Å². The smallest absolute Gasteiger partial charge is 0.166 e. The Balaban J connectivity index is 1.80. The van der Waals surface area contributed by atoms with Crippen LogP contribution in [0.5, 0.6) is 0 Å². The number of carbonyl (C=O) groups is 1. The molecule has 0 aliphatic carbocycles. The second kappa shape index (κ2) is 5.13. The van der Waals surface area contributed by atoms with Crippen LogP contribution in [0.15, 0.2) is 24.4 Å². The van der Waals surface area contributed by atoms with Crippen LogP contribution in [0.2, 0.25) is 0 Å². The fourth-order valence-corrected chi connectivity index (χ4v) is 2.84. The first-order chi connectivity index (χ1) is 9.26. The van der Waals surface area contributed by atoms with Crippen molar-refractivity contribution in [2.75, 3.05) is 20.1 Å². The van der Waals surface area contributed by atoms with E-state index in [9.17, 15) is 4.79 Å². The molecular formula is C15H19N3O. The minimum atomic E-state index is 0.666. The molecule has 0 N–H and O–H groups in total. The molecule has 1 fully saturated rings. The summed E-state index contributed by atoms with van der Waals surface area (Å²) in [5.74, 6) is 0.723. The van der Waals surface area contributed by atoms with E-state index >= 15 is 0 Å². The van der Waals surface area contributed by atoms with Crippen LogP contribution in [0.4, 0.5) is 0 Å². The number of hydrogen-bond donors (Lipinski definition) is 0. The van der Waals surface area contributed by atoms with Crippen LogP contribution in [0.3, 0.4) is 0 Å². The predicted octanol–water partition coefficient (Wildman–Crippen LogP) is 2.03. The normalized spacial score (nSPS) is 17.9. The summed E-state index contributed by atoms with van der Waals surface area (Å²) in [6, 6.07) is 5.65. The molecule has 0 bridgehead atoms. The van der Waals surface area contributed by atoms with Gasteiger partial charge in [0.1, 0.15) is 5.65 Å². The summed E-state index contributed by atoms with van der Waals surface area (Å²) >= 11 is 0. The molecular weight excluding hydrogens is 238 g/mol. The first-order valence-electron chi connectivity index (χ1n) is 6.87. The number of piperidine rings is 1. The van der Waals surface area contributed by atoms with Crippen molar-refractivity contribution < 1.29 is 4.79 Å². The lowest BCUT2D eigenvalue weighted by molar-refractivity contribution is 0.111. The molecule has 4 nitrogen and oxygen atoms in total. The summed E-state index contributed by atoms with van der Waals surface area (Å²) in [6.07, 6.45) is 6.40. The summed E-state index contributed by atoms with van der Waals surface area (Å²) in [5.41, 5.74) is 2.64. The second-order valence-corrected chi connectivity index (χ2v) is 5.48. The van der Waals surface area contributed by atoms with Crippen molar-refractivity contribution in [2.24, 2.45) is 5.92 Å². The molecule has 0 saturated carbocycles.